The molecule has 0 rings (SSSR count). The molecule has 88 heavy (non-hydrogen) atoms. The van der Waals surface area contributed by atoms with E-state index in [9.17, 15) is 19.0 Å². The molecule has 0 aromatic carbocycles. The Morgan fingerprint density at radius 3 is 0.920 bits per heavy atom. The Labute approximate surface area is 547 Å². The molecule has 0 saturated heterocycles. The minimum absolute atomic E-state index is 0.0288. The number of esters is 2. The van der Waals surface area contributed by atoms with Gasteiger partial charge in [-0.3, -0.25) is 14.2 Å². The summed E-state index contributed by atoms with van der Waals surface area (Å²) in [5.41, 5.74) is 0. The molecule has 0 aliphatic rings. The van der Waals surface area contributed by atoms with E-state index in [2.05, 4.69) is 62.5 Å². The number of nitrogens with zero attached hydrogens (tertiary/aromatic N) is 1. The summed E-state index contributed by atoms with van der Waals surface area (Å²) in [5.74, 6) is -0.812. The summed E-state index contributed by atoms with van der Waals surface area (Å²) in [7, 11) is 1.18. The minimum Gasteiger partial charge on any atom is -0.756 e. The van der Waals surface area contributed by atoms with Crippen molar-refractivity contribution in [2.24, 2.45) is 0 Å². The van der Waals surface area contributed by atoms with Gasteiger partial charge in [0.25, 0.3) is 7.82 Å². The van der Waals surface area contributed by atoms with Crippen molar-refractivity contribution in [1.29, 1.82) is 0 Å². The van der Waals surface area contributed by atoms with Crippen molar-refractivity contribution >= 4 is 19.8 Å². The molecule has 0 radical (unpaired) electrons. The van der Waals surface area contributed by atoms with Gasteiger partial charge in [0.2, 0.25) is 0 Å². The van der Waals surface area contributed by atoms with Gasteiger partial charge in [0.05, 0.1) is 27.7 Å². The fourth-order valence-corrected chi connectivity index (χ4v) is 12.2. The monoisotopic (exact) mass is 1260 g/mol. The van der Waals surface area contributed by atoms with Crippen molar-refractivity contribution in [2.45, 2.75) is 392 Å². The van der Waals surface area contributed by atoms with Gasteiger partial charge in [-0.05, 0) is 77.0 Å². The molecule has 0 fully saturated rings. The van der Waals surface area contributed by atoms with Crippen molar-refractivity contribution < 1.29 is 42.1 Å². The number of likely N-dealkylation sites (N-methyl/N-ethyl adjacent to an activating group) is 1. The maximum Gasteiger partial charge on any atom is 0.306 e. The average Bonchev–Trinajstić information content (AvgIpc) is 3.68. The van der Waals surface area contributed by atoms with Crippen LogP contribution in [0, 0.1) is 0 Å². The molecule has 0 bridgehead atoms. The number of hydrogen-bond donors (Lipinski definition) is 0. The van der Waals surface area contributed by atoms with E-state index in [1.165, 1.54) is 302 Å². The molecule has 9 nitrogen and oxygen atoms in total. The predicted molar refractivity (Wildman–Crippen MR) is 379 cm³/mol. The smallest absolute Gasteiger partial charge is 0.306 e. The Kier molecular flexibility index (Phi) is 67.7. The number of phosphoric ester groups is 1. The van der Waals surface area contributed by atoms with Gasteiger partial charge < -0.3 is 27.9 Å². The second-order valence-electron chi connectivity index (χ2n) is 27.4. The van der Waals surface area contributed by atoms with E-state index in [4.69, 9.17) is 18.5 Å². The number of quaternary nitrogens is 1. The van der Waals surface area contributed by atoms with Crippen molar-refractivity contribution in [1.82, 2.24) is 0 Å². The van der Waals surface area contributed by atoms with E-state index in [-0.39, 0.29) is 32.0 Å². The maximum absolute atomic E-state index is 12.9. The molecule has 0 spiro atoms. The Morgan fingerprint density at radius 2 is 0.614 bits per heavy atom. The van der Waals surface area contributed by atoms with E-state index in [1.807, 2.05) is 21.1 Å². The summed E-state index contributed by atoms with van der Waals surface area (Å²) in [6.07, 6.45) is 90.8. The molecule has 518 valence electrons. The molecule has 0 heterocycles. The van der Waals surface area contributed by atoms with E-state index >= 15 is 0 Å². The Bertz CT molecular complexity index is 1620. The lowest BCUT2D eigenvalue weighted by Crippen LogP contribution is -2.37. The van der Waals surface area contributed by atoms with Crippen LogP contribution in [0.5, 0.6) is 0 Å². The van der Waals surface area contributed by atoms with Crippen LogP contribution in [0.4, 0.5) is 0 Å². The maximum atomic E-state index is 12.9. The van der Waals surface area contributed by atoms with Gasteiger partial charge in [-0.1, -0.05) is 345 Å². The zero-order valence-electron chi connectivity index (χ0n) is 59.2. The lowest BCUT2D eigenvalue weighted by atomic mass is 10.0. The largest absolute Gasteiger partial charge is 0.756 e. The standard InChI is InChI=1S/C78H148NO8P/c1-6-8-10-12-14-16-18-20-22-24-26-28-30-32-34-36-38-39-41-42-44-46-48-50-52-54-56-58-60-62-64-66-68-70-77(80)84-74-76(75-86-88(82,83)85-73-72-79(3,4)5)87-78(81)71-69-67-65-63-61-59-57-55-53-51-49-47-45-43-40-37-35-33-31-29-27-25-23-21-19-17-15-13-11-9-7-2/h19,21,24-27,31,33,76H,6-18,20,22-23,28-30,32,34-75H2,1-5H3/b21-19-,26-24-,27-25-,33-31-. The van der Waals surface area contributed by atoms with Crippen LogP contribution in [0.3, 0.4) is 0 Å². The number of ether oxygens (including phenoxy) is 2. The zero-order valence-corrected chi connectivity index (χ0v) is 60.1. The van der Waals surface area contributed by atoms with Crippen LogP contribution < -0.4 is 4.89 Å². The van der Waals surface area contributed by atoms with Crippen LogP contribution in [0.25, 0.3) is 0 Å². The van der Waals surface area contributed by atoms with Crippen LogP contribution in [0.15, 0.2) is 48.6 Å². The molecule has 0 aromatic heterocycles. The van der Waals surface area contributed by atoms with Crippen molar-refractivity contribution in [3.8, 4) is 0 Å². The number of unbranched alkanes of at least 4 members (excludes halogenated alkanes) is 50. The number of carbonyl (C=O) groups excluding carboxylic acids is 2. The first kappa shape index (κ1) is 86.0. The molecule has 0 aliphatic heterocycles. The summed E-state index contributed by atoms with van der Waals surface area (Å²) < 4.78 is 34.4. The van der Waals surface area contributed by atoms with E-state index in [0.29, 0.717) is 17.4 Å². The zero-order chi connectivity index (χ0) is 64.1. The Hall–Kier alpha value is -2.03. The first-order valence-corrected chi connectivity index (χ1v) is 39.8. The Balaban J connectivity index is 3.95. The predicted octanol–water partition coefficient (Wildman–Crippen LogP) is 24.5. The van der Waals surface area contributed by atoms with Crippen LogP contribution >= 0.6 is 7.82 Å². The summed E-state index contributed by atoms with van der Waals surface area (Å²) in [5, 5.41) is 0. The van der Waals surface area contributed by atoms with E-state index in [0.717, 1.165) is 51.4 Å². The molecule has 0 saturated carbocycles. The second-order valence-corrected chi connectivity index (χ2v) is 28.8. The highest BCUT2D eigenvalue weighted by Gasteiger charge is 2.22. The highest BCUT2D eigenvalue weighted by molar-refractivity contribution is 7.45. The van der Waals surface area contributed by atoms with Gasteiger partial charge in [-0.15, -0.1) is 0 Å². The summed E-state index contributed by atoms with van der Waals surface area (Å²) in [6, 6.07) is 0. The normalized spacial score (nSPS) is 13.3. The third kappa shape index (κ3) is 73.0. The lowest BCUT2D eigenvalue weighted by molar-refractivity contribution is -0.870. The number of phosphoric acid groups is 1. The van der Waals surface area contributed by atoms with Crippen LogP contribution in [-0.2, 0) is 32.7 Å². The van der Waals surface area contributed by atoms with Crippen LogP contribution in [0.2, 0.25) is 0 Å². The topological polar surface area (TPSA) is 111 Å². The van der Waals surface area contributed by atoms with Crippen molar-refractivity contribution in [3.05, 3.63) is 48.6 Å². The highest BCUT2D eigenvalue weighted by atomic mass is 31.2. The SMILES string of the molecule is CCCCCCC/C=C\C/C=C\C/C=C\CCCCCCCCCCCCCCCCCCC(=O)OC(COC(=O)CCCCCCCCCCCCCCCCCCCCCCC/C=C\CCCCCCCCCC)COP(=O)([O-])OCC[N+](C)(C)C. The van der Waals surface area contributed by atoms with E-state index in [1.54, 1.807) is 0 Å². The number of rotatable bonds is 72. The third-order valence-electron chi connectivity index (χ3n) is 17.3. The quantitative estimate of drug-likeness (QED) is 0.0195. The van der Waals surface area contributed by atoms with E-state index < -0.39 is 26.5 Å². The average molecular weight is 1260 g/mol. The molecule has 0 aromatic rings. The third-order valence-corrected chi connectivity index (χ3v) is 18.3. The fourth-order valence-electron chi connectivity index (χ4n) is 11.4. The Morgan fingerprint density at radius 1 is 0.352 bits per heavy atom. The summed E-state index contributed by atoms with van der Waals surface area (Å²) in [4.78, 5) is 38.1. The minimum atomic E-state index is -4.64. The number of hydrogen-bond acceptors (Lipinski definition) is 8. The number of carbonyl (C=O) groups is 2. The molecule has 0 aliphatic carbocycles. The van der Waals surface area contributed by atoms with Gasteiger partial charge in [0.1, 0.15) is 19.8 Å². The second kappa shape index (κ2) is 69.3. The first-order valence-electron chi connectivity index (χ1n) is 38.3. The molecule has 0 N–H and O–H groups in total. The first-order chi connectivity index (χ1) is 43.0. The molecular weight excluding hydrogens is 1110 g/mol. The summed E-state index contributed by atoms with van der Waals surface area (Å²) >= 11 is 0. The van der Waals surface area contributed by atoms with Gasteiger partial charge in [-0.2, -0.15) is 0 Å². The van der Waals surface area contributed by atoms with Crippen LogP contribution in [-0.4, -0.2) is 70.0 Å². The molecule has 10 heteroatoms. The van der Waals surface area contributed by atoms with Gasteiger partial charge in [0, 0.05) is 12.8 Å². The van der Waals surface area contributed by atoms with Gasteiger partial charge >= 0.3 is 11.9 Å². The molecule has 2 atom stereocenters. The van der Waals surface area contributed by atoms with Gasteiger partial charge in [0.15, 0.2) is 6.10 Å². The fraction of sp³-hybridized carbons (Fsp3) is 0.872. The summed E-state index contributed by atoms with van der Waals surface area (Å²) in [6.45, 7) is 4.30. The van der Waals surface area contributed by atoms with Crippen LogP contribution in [0.1, 0.15) is 386 Å². The molecule has 0 amide bonds. The van der Waals surface area contributed by atoms with Crippen molar-refractivity contribution in [3.63, 3.8) is 0 Å². The van der Waals surface area contributed by atoms with Gasteiger partial charge in [-0.25, -0.2) is 0 Å². The molecular formula is C78H148NO8P. The number of allylic oxidation sites excluding steroid dienone is 8. The molecule has 2 unspecified atom stereocenters. The lowest BCUT2D eigenvalue weighted by Gasteiger charge is -2.28. The highest BCUT2D eigenvalue weighted by Crippen LogP contribution is 2.38. The van der Waals surface area contributed by atoms with Crippen molar-refractivity contribution in [2.75, 3.05) is 47.5 Å².